The minimum Gasteiger partial charge on any atom is -0.549 e. The van der Waals surface area contributed by atoms with E-state index in [-0.39, 0.29) is 13.2 Å². The number of carbonyl (C=O) groups is 2. The highest BCUT2D eigenvalue weighted by Crippen LogP contribution is 2.26. The van der Waals surface area contributed by atoms with Crippen molar-refractivity contribution in [3.63, 3.8) is 0 Å². The van der Waals surface area contributed by atoms with Crippen molar-refractivity contribution in [2.45, 2.75) is 153 Å². The Labute approximate surface area is 416 Å². The summed E-state index contributed by atoms with van der Waals surface area (Å²) in [6.45, 7) is 29.8. The molecule has 4 atom stereocenters. The number of carboxylic acid groups (broad SMARTS) is 2. The smallest absolute Gasteiger partial charge is 0.314 e. The molecule has 10 N–H and O–H groups in total. The van der Waals surface area contributed by atoms with Crippen molar-refractivity contribution >= 4 is 44.2 Å². The molecule has 0 amide bonds. The lowest BCUT2D eigenvalue weighted by Gasteiger charge is -2.33. The molecule has 0 saturated carbocycles. The molecule has 4 unspecified atom stereocenters. The lowest BCUT2D eigenvalue weighted by molar-refractivity contribution is -0.896. The number of quaternary nitrogens is 1. The lowest BCUT2D eigenvalue weighted by Crippen LogP contribution is -2.51. The molecule has 0 aliphatic carbocycles. The summed E-state index contributed by atoms with van der Waals surface area (Å²) in [5, 5.41) is 97.6. The quantitative estimate of drug-likeness (QED) is 0.0199. The van der Waals surface area contributed by atoms with Gasteiger partial charge in [-0.2, -0.15) is 0 Å². The maximum Gasteiger partial charge on any atom is 0.314 e. The number of aliphatic carboxylic acids is 2. The van der Waals surface area contributed by atoms with E-state index in [1.807, 2.05) is 33.1 Å². The van der Waals surface area contributed by atoms with Gasteiger partial charge >= 0.3 is 5.97 Å². The predicted octanol–water partition coefficient (Wildman–Crippen LogP) is 1.76. The first-order valence-corrected chi connectivity index (χ1v) is 38.5. The largest absolute Gasteiger partial charge is 0.549 e. The van der Waals surface area contributed by atoms with Crippen LogP contribution in [0.3, 0.4) is 0 Å². The van der Waals surface area contributed by atoms with E-state index >= 15 is 0 Å². The van der Waals surface area contributed by atoms with Crippen LogP contribution in [0.2, 0.25) is 102 Å². The first kappa shape index (κ1) is 73.8. The van der Waals surface area contributed by atoms with E-state index in [4.69, 9.17) is 55.1 Å². The van der Waals surface area contributed by atoms with Crippen molar-refractivity contribution < 1.29 is 84.5 Å². The van der Waals surface area contributed by atoms with Crippen LogP contribution in [0.5, 0.6) is 0 Å². The Hall–Kier alpha value is -0.752. The average Bonchev–Trinajstić information content (AvgIpc) is 4.05. The van der Waals surface area contributed by atoms with Gasteiger partial charge in [-0.15, -0.1) is 0 Å². The van der Waals surface area contributed by atoms with Crippen molar-refractivity contribution in [1.82, 2.24) is 4.90 Å². The van der Waals surface area contributed by atoms with E-state index in [0.29, 0.717) is 43.4 Å². The van der Waals surface area contributed by atoms with Crippen LogP contribution in [0.1, 0.15) is 26.7 Å². The fourth-order valence-electron chi connectivity index (χ4n) is 5.75. The molecule has 68 heavy (non-hydrogen) atoms. The molecule has 0 bridgehead atoms. The summed E-state index contributed by atoms with van der Waals surface area (Å²) in [4.78, 5) is 22.0. The van der Waals surface area contributed by atoms with Crippen LogP contribution in [0.15, 0.2) is 0 Å². The number of nitrogens with zero attached hydrogens (tertiary/aromatic N) is 2. The molecule has 0 spiro atoms. The summed E-state index contributed by atoms with van der Waals surface area (Å²) >= 11 is 0. The highest BCUT2D eigenvalue weighted by molar-refractivity contribution is 6.82. The molecule has 18 nitrogen and oxygen atoms in total. The normalized spacial score (nSPS) is 15.8. The third-order valence-electron chi connectivity index (χ3n) is 11.2. The molecule has 1 rings (SSSR count). The molecule has 0 aromatic heterocycles. The van der Waals surface area contributed by atoms with Gasteiger partial charge in [-0.05, 0) is 40.8 Å². The molecule has 0 aromatic rings. The van der Waals surface area contributed by atoms with Crippen molar-refractivity contribution in [3.05, 3.63) is 0 Å². The molecule has 1 fully saturated rings. The van der Waals surface area contributed by atoms with E-state index in [0.717, 1.165) is 26.2 Å². The fourth-order valence-corrected chi connectivity index (χ4v) is 19.9. The molecule has 0 aromatic carbocycles. The summed E-state index contributed by atoms with van der Waals surface area (Å²) in [6, 6.07) is 8.57. The predicted molar refractivity (Wildman–Crippen MR) is 281 cm³/mol. The molecule has 1 saturated heterocycles. The van der Waals surface area contributed by atoms with E-state index in [2.05, 4.69) is 65.5 Å². The highest BCUT2D eigenvalue weighted by Gasteiger charge is 2.31. The van der Waals surface area contributed by atoms with Crippen molar-refractivity contribution in [2.75, 3.05) is 121 Å². The van der Waals surface area contributed by atoms with Crippen molar-refractivity contribution in [3.8, 4) is 0 Å². The molecule has 0 radical (unpaired) electrons. The maximum atomic E-state index is 10.2. The van der Waals surface area contributed by atoms with Gasteiger partial charge in [-0.25, -0.2) is 0 Å². The summed E-state index contributed by atoms with van der Waals surface area (Å²) in [5.41, 5.74) is -2.89. The third kappa shape index (κ3) is 46.3. The number of rotatable bonds is 32. The molecule has 1 heterocycles. The first-order chi connectivity index (χ1) is 30.8. The number of ether oxygens (including phenoxy) is 3. The van der Waals surface area contributed by atoms with Gasteiger partial charge in [0.25, 0.3) is 0 Å². The number of aliphatic hydroxyl groups is 9. The van der Waals surface area contributed by atoms with Gasteiger partial charge < -0.3 is 84.6 Å². The van der Waals surface area contributed by atoms with E-state index in [9.17, 15) is 24.9 Å². The van der Waals surface area contributed by atoms with Crippen LogP contribution in [0.25, 0.3) is 0 Å². The maximum absolute atomic E-state index is 10.2. The third-order valence-corrected chi connectivity index (χ3v) is 22.3. The Bertz CT molecular complexity index is 1230. The van der Waals surface area contributed by atoms with Gasteiger partial charge in [0.2, 0.25) is 0 Å². The van der Waals surface area contributed by atoms with E-state index in [1.165, 1.54) is 56.5 Å². The van der Waals surface area contributed by atoms with Gasteiger partial charge in [-0.3, -0.25) is 4.79 Å². The number of carbonyl (C=O) groups excluding carboxylic acids is 1. The van der Waals surface area contributed by atoms with Gasteiger partial charge in [-0.1, -0.05) is 102 Å². The monoisotopic (exact) mass is 1050 g/mol. The Morgan fingerprint density at radius 3 is 1.31 bits per heavy atom. The lowest BCUT2D eigenvalue weighted by atomic mass is 9.94. The summed E-state index contributed by atoms with van der Waals surface area (Å²) in [5.74, 6) is -2.62. The van der Waals surface area contributed by atoms with Crippen LogP contribution < -0.4 is 5.11 Å². The van der Waals surface area contributed by atoms with Crippen molar-refractivity contribution in [2.24, 2.45) is 10.8 Å². The van der Waals surface area contributed by atoms with Gasteiger partial charge in [0.05, 0.1) is 91.0 Å². The van der Waals surface area contributed by atoms with Crippen LogP contribution in [0, 0.1) is 10.8 Å². The molecular weight excluding hydrogens is 949 g/mol. The van der Waals surface area contributed by atoms with Gasteiger partial charge in [0.1, 0.15) is 36.8 Å². The SMILES string of the molecule is CC(CO)(CO)C(=O)O.CC(CO)(CO)C(=O)[O-].CN(C)CC(O)CO.C[N+](C)(CC(O)CO)CC(O)COCCC[Si](C)(C)CC[Si](C)(C)C.C[Si](C)(C)CC[Si](C)(C)CCCOCC1CO1. The number of epoxide rings is 1. The highest BCUT2D eigenvalue weighted by atomic mass is 28.3. The van der Waals surface area contributed by atoms with E-state index in [1.54, 1.807) is 0 Å². The second-order valence-electron chi connectivity index (χ2n) is 24.0. The number of likely N-dealkylation sites (N-methyl/N-ethyl adjacent to an activating group) is 2. The second-order valence-corrected chi connectivity index (χ2v) is 45.9. The van der Waals surface area contributed by atoms with Gasteiger partial charge in [0, 0.05) is 52.1 Å². The summed E-state index contributed by atoms with van der Waals surface area (Å²) in [7, 11) is 3.73. The Kier molecular flexibility index (Phi) is 40.2. The topological polar surface area (TPSA) is 294 Å². The number of aliphatic hydroxyl groups excluding tert-OH is 9. The van der Waals surface area contributed by atoms with Crippen LogP contribution >= 0.6 is 0 Å². The zero-order valence-corrected chi connectivity index (χ0v) is 49.7. The van der Waals surface area contributed by atoms with Crippen molar-refractivity contribution in [1.29, 1.82) is 0 Å². The minimum atomic E-state index is -1.50. The zero-order valence-electron chi connectivity index (χ0n) is 45.7. The molecular formula is C46H106N2O16Si4. The van der Waals surface area contributed by atoms with E-state index < -0.39 is 99.8 Å². The van der Waals surface area contributed by atoms with Crippen LogP contribution in [-0.2, 0) is 23.8 Å². The van der Waals surface area contributed by atoms with Crippen LogP contribution in [-0.4, -0.2) is 250 Å². The molecule has 22 heteroatoms. The molecule has 1 aliphatic heterocycles. The Morgan fingerprint density at radius 2 is 1.04 bits per heavy atom. The molecule has 412 valence electrons. The number of hydrogen-bond donors (Lipinski definition) is 10. The second kappa shape index (κ2) is 37.1. The molecule has 1 aliphatic rings. The average molecular weight is 1060 g/mol. The standard InChI is InChI=1S/C18H44NO4Si2.C13H30O2Si2.C5H13NO2.2C5H10O4/c1-19(2,13-17(21)15-20)14-18(22)16-23-9-8-10-25(6,7)12-11-24(3,4)5;1-16(2,3)9-10-17(4,5)8-6-7-14-11-13-12-15-13;1-6(2)3-5(8)4-7;2*1-5(2-6,3-7)4(8)9/h17-18,20-22H,8-16H2,1-7H3;13H,6-12H2,1-5H3;5,7-8H,3-4H2,1-2H3;2*6-7H,2-3H2,1H3,(H,8,9)/q+1;;;;/p-1. The zero-order chi connectivity index (χ0) is 54.2. The number of carboxylic acids is 2. The Morgan fingerprint density at radius 1 is 0.662 bits per heavy atom. The minimum absolute atomic E-state index is 0.155. The number of hydrogen-bond acceptors (Lipinski definition) is 16. The van der Waals surface area contributed by atoms with Gasteiger partial charge in [0.15, 0.2) is 0 Å². The van der Waals surface area contributed by atoms with Crippen LogP contribution in [0.4, 0.5) is 0 Å². The summed E-state index contributed by atoms with van der Waals surface area (Å²) < 4.78 is 16.9. The first-order valence-electron chi connectivity index (χ1n) is 24.2. The Balaban J connectivity index is -0.000000409. The fraction of sp³-hybridized carbons (Fsp3) is 0.957. The summed E-state index contributed by atoms with van der Waals surface area (Å²) in [6.07, 6.45) is 0.873.